The van der Waals surface area contributed by atoms with Crippen LogP contribution in [0.25, 0.3) is 0 Å². The molecule has 2 fully saturated rings. The highest BCUT2D eigenvalue weighted by atomic mass is 32.2. The standard InChI is InChI=1S/C28H30F2N6O6S/c29-18-11-19(30)13-21(12-18)43(39,40)36-5-3-24-23(15-36)26(34-33-24)32-28(38)22-2-1-20(35-6-9-41-10-7-35)14-25(22)31-27(37)17-4-8-42-16-17/h1-2,11-14,17H,3-10,15-16H2,(H,31,37)(H2,32,33,34,38). The minimum absolute atomic E-state index is 0.0487. The fourth-order valence-corrected chi connectivity index (χ4v) is 6.86. The van der Waals surface area contributed by atoms with Crippen LogP contribution in [0.1, 0.15) is 28.0 Å². The lowest BCUT2D eigenvalue weighted by Crippen LogP contribution is -2.36. The van der Waals surface area contributed by atoms with Crippen molar-refractivity contribution in [2.75, 3.05) is 61.6 Å². The highest BCUT2D eigenvalue weighted by molar-refractivity contribution is 7.89. The summed E-state index contributed by atoms with van der Waals surface area (Å²) in [7, 11) is -4.24. The zero-order chi connectivity index (χ0) is 30.1. The van der Waals surface area contributed by atoms with Gasteiger partial charge in [0, 0.05) is 62.2 Å². The summed E-state index contributed by atoms with van der Waals surface area (Å²) in [5.41, 5.74) is 2.39. The Morgan fingerprint density at radius 1 is 0.977 bits per heavy atom. The summed E-state index contributed by atoms with van der Waals surface area (Å²) in [4.78, 5) is 28.2. The average molecular weight is 617 g/mol. The van der Waals surface area contributed by atoms with Crippen molar-refractivity contribution >= 4 is 39.0 Å². The Kier molecular flexibility index (Phi) is 8.13. The van der Waals surface area contributed by atoms with Crippen molar-refractivity contribution in [2.45, 2.75) is 24.3 Å². The van der Waals surface area contributed by atoms with Crippen LogP contribution >= 0.6 is 0 Å². The zero-order valence-electron chi connectivity index (χ0n) is 23.1. The number of carbonyl (C=O) groups is 2. The van der Waals surface area contributed by atoms with Gasteiger partial charge in [-0.25, -0.2) is 17.2 Å². The fourth-order valence-electron chi connectivity index (χ4n) is 5.41. The predicted molar refractivity (Wildman–Crippen MR) is 151 cm³/mol. The van der Waals surface area contributed by atoms with Crippen LogP contribution in [0.5, 0.6) is 0 Å². The molecule has 1 unspecified atom stereocenters. The lowest BCUT2D eigenvalue weighted by atomic mass is 10.1. The maximum Gasteiger partial charge on any atom is 0.258 e. The molecule has 15 heteroatoms. The van der Waals surface area contributed by atoms with E-state index in [1.807, 2.05) is 0 Å². The highest BCUT2D eigenvalue weighted by Crippen LogP contribution is 2.31. The van der Waals surface area contributed by atoms with Crippen molar-refractivity contribution in [3.05, 3.63) is 64.9 Å². The Bertz CT molecular complexity index is 1630. The molecular weight excluding hydrogens is 586 g/mol. The van der Waals surface area contributed by atoms with E-state index in [-0.39, 0.29) is 42.7 Å². The number of benzene rings is 2. The van der Waals surface area contributed by atoms with E-state index in [1.54, 1.807) is 18.2 Å². The molecule has 0 bridgehead atoms. The van der Waals surface area contributed by atoms with Crippen LogP contribution in [-0.2, 0) is 37.3 Å². The van der Waals surface area contributed by atoms with Crippen LogP contribution < -0.4 is 15.5 Å². The van der Waals surface area contributed by atoms with Gasteiger partial charge in [-0.2, -0.15) is 9.40 Å². The molecular formula is C28H30F2N6O6S. The van der Waals surface area contributed by atoms with Crippen LogP contribution in [0.15, 0.2) is 41.3 Å². The molecule has 0 aliphatic carbocycles. The van der Waals surface area contributed by atoms with Gasteiger partial charge in [-0.3, -0.25) is 14.7 Å². The first-order chi connectivity index (χ1) is 20.7. The van der Waals surface area contributed by atoms with Crippen LogP contribution in [0.2, 0.25) is 0 Å². The molecule has 3 aliphatic heterocycles. The molecule has 2 saturated heterocycles. The van der Waals surface area contributed by atoms with Gasteiger partial charge < -0.3 is 25.0 Å². The molecule has 3 aliphatic rings. The molecule has 3 aromatic rings. The molecule has 6 rings (SSSR count). The van der Waals surface area contributed by atoms with Gasteiger partial charge in [0.05, 0.1) is 41.9 Å². The molecule has 1 aromatic heterocycles. The predicted octanol–water partition coefficient (Wildman–Crippen LogP) is 2.50. The van der Waals surface area contributed by atoms with E-state index in [4.69, 9.17) is 9.47 Å². The molecule has 0 saturated carbocycles. The minimum atomic E-state index is -4.24. The molecule has 0 spiro atoms. The maximum absolute atomic E-state index is 13.8. The van der Waals surface area contributed by atoms with Crippen LogP contribution in [0.3, 0.4) is 0 Å². The fraction of sp³-hybridized carbons (Fsp3) is 0.393. The van der Waals surface area contributed by atoms with Gasteiger partial charge in [-0.1, -0.05) is 0 Å². The first-order valence-corrected chi connectivity index (χ1v) is 15.3. The molecule has 43 heavy (non-hydrogen) atoms. The van der Waals surface area contributed by atoms with Gasteiger partial charge in [-0.15, -0.1) is 0 Å². The number of aromatic nitrogens is 2. The average Bonchev–Trinajstić information content (AvgIpc) is 3.68. The van der Waals surface area contributed by atoms with E-state index in [1.165, 1.54) is 0 Å². The summed E-state index contributed by atoms with van der Waals surface area (Å²) in [6, 6.07) is 7.29. The van der Waals surface area contributed by atoms with Crippen molar-refractivity contribution in [2.24, 2.45) is 5.92 Å². The van der Waals surface area contributed by atoms with Gasteiger partial charge in [0.2, 0.25) is 15.9 Å². The Balaban J connectivity index is 1.25. The van der Waals surface area contributed by atoms with Crippen molar-refractivity contribution in [3.63, 3.8) is 0 Å². The maximum atomic E-state index is 13.8. The second-order valence-corrected chi connectivity index (χ2v) is 12.5. The van der Waals surface area contributed by atoms with Gasteiger partial charge in [0.25, 0.3) is 5.91 Å². The number of ether oxygens (including phenoxy) is 2. The first-order valence-electron chi connectivity index (χ1n) is 13.9. The second-order valence-electron chi connectivity index (χ2n) is 10.6. The van der Waals surface area contributed by atoms with E-state index in [2.05, 4.69) is 25.7 Å². The SMILES string of the molecule is O=C(Nc1n[nH]c2c1CN(S(=O)(=O)c1cc(F)cc(F)c1)CC2)c1ccc(N2CCOCC2)cc1NC(=O)C1CCOC1. The Morgan fingerprint density at radius 2 is 1.74 bits per heavy atom. The number of halogens is 2. The number of morpholine rings is 1. The molecule has 228 valence electrons. The molecule has 2 amide bonds. The number of hydrogen-bond acceptors (Lipinski definition) is 8. The number of fused-ring (bicyclic) bond motifs is 1. The number of H-pyrrole nitrogens is 1. The number of sulfonamides is 1. The number of nitrogens with one attached hydrogen (secondary N) is 3. The number of rotatable bonds is 7. The topological polar surface area (TPSA) is 146 Å². The minimum Gasteiger partial charge on any atom is -0.381 e. The number of nitrogens with zero attached hydrogens (tertiary/aromatic N) is 3. The number of aromatic amines is 1. The Labute approximate surface area is 246 Å². The van der Waals surface area contributed by atoms with Crippen LogP contribution in [0.4, 0.5) is 26.0 Å². The molecule has 12 nitrogen and oxygen atoms in total. The van der Waals surface area contributed by atoms with E-state index in [0.717, 1.165) is 22.1 Å². The zero-order valence-corrected chi connectivity index (χ0v) is 23.9. The van der Waals surface area contributed by atoms with E-state index in [9.17, 15) is 26.8 Å². The molecule has 3 N–H and O–H groups in total. The van der Waals surface area contributed by atoms with Crippen LogP contribution in [0, 0.1) is 17.6 Å². The summed E-state index contributed by atoms with van der Waals surface area (Å²) >= 11 is 0. The van der Waals surface area contributed by atoms with E-state index in [0.29, 0.717) is 68.9 Å². The third-order valence-electron chi connectivity index (χ3n) is 7.79. The van der Waals surface area contributed by atoms with E-state index >= 15 is 0 Å². The normalized spacial score (nSPS) is 19.2. The van der Waals surface area contributed by atoms with Gasteiger partial charge in [0.1, 0.15) is 11.6 Å². The number of carbonyl (C=O) groups excluding carboxylic acids is 2. The number of anilines is 3. The van der Waals surface area contributed by atoms with Crippen molar-refractivity contribution < 1.29 is 36.3 Å². The highest BCUT2D eigenvalue weighted by Gasteiger charge is 2.33. The summed E-state index contributed by atoms with van der Waals surface area (Å²) in [6.07, 6.45) is 0.825. The summed E-state index contributed by atoms with van der Waals surface area (Å²) in [5.74, 6) is -3.04. The first kappa shape index (κ1) is 29.2. The Hall–Kier alpha value is -3.92. The number of amides is 2. The lowest BCUT2D eigenvalue weighted by molar-refractivity contribution is -0.119. The number of hydrogen-bond donors (Lipinski definition) is 3. The molecule has 2 aromatic carbocycles. The molecule has 0 radical (unpaired) electrons. The largest absolute Gasteiger partial charge is 0.381 e. The smallest absolute Gasteiger partial charge is 0.258 e. The molecule has 4 heterocycles. The Morgan fingerprint density at radius 3 is 2.47 bits per heavy atom. The quantitative estimate of drug-likeness (QED) is 0.367. The van der Waals surface area contributed by atoms with Gasteiger partial charge in [-0.05, 0) is 36.8 Å². The summed E-state index contributed by atoms with van der Waals surface area (Å²) in [5, 5.41) is 12.7. The lowest BCUT2D eigenvalue weighted by Gasteiger charge is -2.29. The van der Waals surface area contributed by atoms with Gasteiger partial charge in [0.15, 0.2) is 5.82 Å². The summed E-state index contributed by atoms with van der Waals surface area (Å²) < 4.78 is 65.9. The van der Waals surface area contributed by atoms with E-state index < -0.39 is 32.5 Å². The summed E-state index contributed by atoms with van der Waals surface area (Å²) in [6.45, 7) is 3.12. The second kappa shape index (κ2) is 12.0. The third-order valence-corrected chi connectivity index (χ3v) is 9.61. The van der Waals surface area contributed by atoms with Crippen molar-refractivity contribution in [3.8, 4) is 0 Å². The van der Waals surface area contributed by atoms with Gasteiger partial charge >= 0.3 is 0 Å². The third kappa shape index (κ3) is 6.11. The van der Waals surface area contributed by atoms with Crippen molar-refractivity contribution in [1.82, 2.24) is 14.5 Å². The van der Waals surface area contributed by atoms with Crippen LogP contribution in [-0.4, -0.2) is 80.8 Å². The monoisotopic (exact) mass is 616 g/mol. The molecule has 1 atom stereocenters. The van der Waals surface area contributed by atoms with Crippen molar-refractivity contribution in [1.29, 1.82) is 0 Å².